The number of carbonyl (C=O) groups is 1. The quantitative estimate of drug-likeness (QED) is 0.787. The Kier molecular flexibility index (Phi) is 6.09. The molecule has 2 fully saturated rings. The van der Waals surface area contributed by atoms with Crippen molar-refractivity contribution < 1.29 is 9.18 Å². The molecule has 0 radical (unpaired) electrons. The number of piperidine rings is 1. The number of amides is 1. The largest absolute Gasteiger partial charge is 0.328 e. The highest BCUT2D eigenvalue weighted by Crippen LogP contribution is 2.31. The molecule has 1 saturated carbocycles. The minimum Gasteiger partial charge on any atom is -0.328 e. The van der Waals surface area contributed by atoms with Crippen molar-refractivity contribution in [2.75, 3.05) is 13.1 Å². The van der Waals surface area contributed by atoms with Crippen LogP contribution in [-0.2, 0) is 13.0 Å². The first-order valence-corrected chi connectivity index (χ1v) is 12.0. The lowest BCUT2D eigenvalue weighted by Gasteiger charge is -2.38. The van der Waals surface area contributed by atoms with Gasteiger partial charge in [0.05, 0.1) is 17.3 Å². The monoisotopic (exact) mass is 438 g/mol. The van der Waals surface area contributed by atoms with Crippen molar-refractivity contribution in [3.05, 3.63) is 63.1 Å². The molecule has 1 saturated heterocycles. The van der Waals surface area contributed by atoms with Crippen LogP contribution in [0, 0.1) is 5.82 Å². The molecule has 2 aromatic rings. The zero-order valence-corrected chi connectivity index (χ0v) is 18.5. The Bertz CT molecular complexity index is 1050. The van der Waals surface area contributed by atoms with E-state index in [9.17, 15) is 14.0 Å². The number of aromatic amines is 1. The molecule has 7 heteroatoms. The summed E-state index contributed by atoms with van der Waals surface area (Å²) in [5, 5.41) is 0. The summed E-state index contributed by atoms with van der Waals surface area (Å²) >= 11 is 0. The predicted octanol–water partition coefficient (Wildman–Crippen LogP) is 3.97. The van der Waals surface area contributed by atoms with E-state index in [1.807, 2.05) is 0 Å². The van der Waals surface area contributed by atoms with Gasteiger partial charge in [-0.1, -0.05) is 25.3 Å². The fourth-order valence-electron chi connectivity index (χ4n) is 5.63. The highest BCUT2D eigenvalue weighted by Gasteiger charge is 2.33. The van der Waals surface area contributed by atoms with Gasteiger partial charge in [-0.25, -0.2) is 9.37 Å². The van der Waals surface area contributed by atoms with Gasteiger partial charge in [-0.2, -0.15) is 0 Å². The van der Waals surface area contributed by atoms with Gasteiger partial charge in [0.1, 0.15) is 11.6 Å². The minimum absolute atomic E-state index is 0.0748. The zero-order valence-electron chi connectivity index (χ0n) is 18.5. The van der Waals surface area contributed by atoms with Gasteiger partial charge < -0.3 is 9.88 Å². The Balaban J connectivity index is 1.40. The van der Waals surface area contributed by atoms with E-state index in [1.54, 1.807) is 17.0 Å². The molecule has 3 aliphatic rings. The van der Waals surface area contributed by atoms with Gasteiger partial charge in [-0.05, 0) is 50.3 Å². The molecule has 1 atom stereocenters. The third-order valence-corrected chi connectivity index (χ3v) is 7.36. The second kappa shape index (κ2) is 9.14. The Morgan fingerprint density at radius 1 is 1.06 bits per heavy atom. The standard InChI is InChI=1S/C25H31FN4O2/c26-18-8-6-7-17(15-18)25(32)30-13-5-4-11-22(30)23-27-21-12-14-29(16-20(21)24(31)28-23)19-9-2-1-3-10-19/h6-8,15,19,22H,1-5,9-14,16H2,(H,27,28,31)/t22-/m0/s1. The molecule has 1 N–H and O–H groups in total. The van der Waals surface area contributed by atoms with E-state index in [1.165, 1.54) is 44.2 Å². The van der Waals surface area contributed by atoms with Crippen LogP contribution in [0.25, 0.3) is 0 Å². The van der Waals surface area contributed by atoms with Crippen LogP contribution in [-0.4, -0.2) is 44.8 Å². The van der Waals surface area contributed by atoms with Crippen molar-refractivity contribution >= 4 is 5.91 Å². The smallest absolute Gasteiger partial charge is 0.255 e. The van der Waals surface area contributed by atoms with Gasteiger partial charge in [-0.15, -0.1) is 0 Å². The lowest BCUT2D eigenvalue weighted by Crippen LogP contribution is -2.44. The second-order valence-electron chi connectivity index (χ2n) is 9.41. The molecular formula is C25H31FN4O2. The average molecular weight is 439 g/mol. The summed E-state index contributed by atoms with van der Waals surface area (Å²) in [7, 11) is 0. The molecule has 3 heterocycles. The molecule has 6 nitrogen and oxygen atoms in total. The average Bonchev–Trinajstić information content (AvgIpc) is 2.84. The number of rotatable bonds is 3. The third kappa shape index (κ3) is 4.22. The van der Waals surface area contributed by atoms with Crippen molar-refractivity contribution in [2.45, 2.75) is 76.4 Å². The maximum absolute atomic E-state index is 13.7. The van der Waals surface area contributed by atoms with E-state index < -0.39 is 5.82 Å². The fraction of sp³-hybridized carbons (Fsp3) is 0.560. The number of benzene rings is 1. The Hall–Kier alpha value is -2.54. The van der Waals surface area contributed by atoms with E-state index in [0.717, 1.165) is 43.5 Å². The Morgan fingerprint density at radius 2 is 1.88 bits per heavy atom. The van der Waals surface area contributed by atoms with Gasteiger partial charge in [-0.3, -0.25) is 14.5 Å². The number of nitrogens with one attached hydrogen (secondary N) is 1. The molecule has 0 bridgehead atoms. The van der Waals surface area contributed by atoms with Crippen molar-refractivity contribution in [1.29, 1.82) is 0 Å². The Morgan fingerprint density at radius 3 is 2.69 bits per heavy atom. The first-order valence-electron chi connectivity index (χ1n) is 12.0. The van der Waals surface area contributed by atoms with E-state index in [-0.39, 0.29) is 17.5 Å². The summed E-state index contributed by atoms with van der Waals surface area (Å²) in [5.41, 5.74) is 1.92. The van der Waals surface area contributed by atoms with Gasteiger partial charge in [0.15, 0.2) is 0 Å². The van der Waals surface area contributed by atoms with Crippen molar-refractivity contribution in [2.24, 2.45) is 0 Å². The summed E-state index contributed by atoms with van der Waals surface area (Å²) in [6.07, 6.45) is 9.69. The number of nitrogens with zero attached hydrogens (tertiary/aromatic N) is 3. The van der Waals surface area contributed by atoms with Crippen LogP contribution in [0.5, 0.6) is 0 Å². The number of likely N-dealkylation sites (tertiary alicyclic amines) is 1. The van der Waals surface area contributed by atoms with Crippen LogP contribution in [0.4, 0.5) is 4.39 Å². The van der Waals surface area contributed by atoms with Crippen LogP contribution in [0.2, 0.25) is 0 Å². The number of aromatic nitrogens is 2. The molecule has 1 aliphatic carbocycles. The summed E-state index contributed by atoms with van der Waals surface area (Å²) in [6.45, 7) is 2.18. The predicted molar refractivity (Wildman–Crippen MR) is 120 cm³/mol. The first kappa shape index (κ1) is 21.3. The SMILES string of the molecule is O=C(c1cccc(F)c1)N1CCCC[C@H]1c1nc2c(c(=O)[nH]1)CN(C1CCCCC1)CC2. The highest BCUT2D eigenvalue weighted by atomic mass is 19.1. The van der Waals surface area contributed by atoms with Gasteiger partial charge in [0.25, 0.3) is 11.5 Å². The van der Waals surface area contributed by atoms with Crippen LogP contribution in [0.1, 0.15) is 84.8 Å². The highest BCUT2D eigenvalue weighted by molar-refractivity contribution is 5.94. The molecule has 1 aromatic carbocycles. The van der Waals surface area contributed by atoms with Crippen molar-refractivity contribution in [3.63, 3.8) is 0 Å². The molecule has 5 rings (SSSR count). The van der Waals surface area contributed by atoms with E-state index >= 15 is 0 Å². The maximum atomic E-state index is 13.7. The van der Waals surface area contributed by atoms with Crippen molar-refractivity contribution in [1.82, 2.24) is 19.8 Å². The van der Waals surface area contributed by atoms with Crippen LogP contribution in [0.15, 0.2) is 29.1 Å². The molecule has 32 heavy (non-hydrogen) atoms. The summed E-state index contributed by atoms with van der Waals surface area (Å²) in [5.74, 6) is -0.0606. The van der Waals surface area contributed by atoms with Gasteiger partial charge in [0.2, 0.25) is 0 Å². The minimum atomic E-state index is -0.424. The number of hydrogen-bond acceptors (Lipinski definition) is 4. The summed E-state index contributed by atoms with van der Waals surface area (Å²) < 4.78 is 13.7. The van der Waals surface area contributed by atoms with E-state index in [2.05, 4.69) is 9.88 Å². The number of carbonyl (C=O) groups excluding carboxylic acids is 1. The number of fused-ring (bicyclic) bond motifs is 1. The number of H-pyrrole nitrogens is 1. The molecule has 0 spiro atoms. The molecule has 1 amide bonds. The van der Waals surface area contributed by atoms with Gasteiger partial charge >= 0.3 is 0 Å². The molecule has 0 unspecified atom stereocenters. The van der Waals surface area contributed by atoms with E-state index in [0.29, 0.717) is 30.5 Å². The number of hydrogen-bond donors (Lipinski definition) is 1. The first-order chi connectivity index (χ1) is 15.6. The van der Waals surface area contributed by atoms with Gasteiger partial charge in [0, 0.05) is 37.7 Å². The lowest BCUT2D eigenvalue weighted by molar-refractivity contribution is 0.0597. The topological polar surface area (TPSA) is 69.3 Å². The maximum Gasteiger partial charge on any atom is 0.255 e. The van der Waals surface area contributed by atoms with Crippen LogP contribution >= 0.6 is 0 Å². The molecule has 170 valence electrons. The van der Waals surface area contributed by atoms with E-state index in [4.69, 9.17) is 4.98 Å². The third-order valence-electron chi connectivity index (χ3n) is 7.36. The molecule has 2 aliphatic heterocycles. The molecular weight excluding hydrogens is 407 g/mol. The zero-order chi connectivity index (χ0) is 22.1. The van der Waals surface area contributed by atoms with Crippen LogP contribution in [0.3, 0.4) is 0 Å². The lowest BCUT2D eigenvalue weighted by atomic mass is 9.92. The molecule has 1 aromatic heterocycles. The van der Waals surface area contributed by atoms with Crippen molar-refractivity contribution in [3.8, 4) is 0 Å². The Labute approximate surface area is 187 Å². The second-order valence-corrected chi connectivity index (χ2v) is 9.41. The fourth-order valence-corrected chi connectivity index (χ4v) is 5.63. The number of halogens is 1. The summed E-state index contributed by atoms with van der Waals surface area (Å²) in [6, 6.07) is 6.10. The summed E-state index contributed by atoms with van der Waals surface area (Å²) in [4.78, 5) is 38.3. The normalized spacial score (nSPS) is 22.5. The van der Waals surface area contributed by atoms with Crippen LogP contribution < -0.4 is 5.56 Å².